The van der Waals surface area contributed by atoms with Gasteiger partial charge in [-0.05, 0) is 29.0 Å². The number of thiophene rings is 2. The van der Waals surface area contributed by atoms with Crippen LogP contribution in [-0.4, -0.2) is 29.8 Å². The van der Waals surface area contributed by atoms with Gasteiger partial charge in [-0.2, -0.15) is 16.4 Å². The van der Waals surface area contributed by atoms with E-state index in [0.717, 1.165) is 15.3 Å². The SMILES string of the molecule is Cn1cc(S(=O)(=O)NCC(O)c2ccc(-c3ccsc3)s2)cn1. The molecule has 0 amide bonds. The Labute approximate surface area is 142 Å². The monoisotopic (exact) mass is 369 g/mol. The van der Waals surface area contributed by atoms with Crippen LogP contribution in [-0.2, 0) is 17.1 Å². The maximum absolute atomic E-state index is 12.1. The van der Waals surface area contributed by atoms with Crippen LogP contribution in [0.15, 0.2) is 46.2 Å². The summed E-state index contributed by atoms with van der Waals surface area (Å²) in [6.07, 6.45) is 1.79. The molecule has 0 aliphatic rings. The van der Waals surface area contributed by atoms with Gasteiger partial charge in [0.15, 0.2) is 0 Å². The average molecular weight is 369 g/mol. The van der Waals surface area contributed by atoms with Gasteiger partial charge >= 0.3 is 0 Å². The fourth-order valence-electron chi connectivity index (χ4n) is 2.00. The van der Waals surface area contributed by atoms with Crippen molar-refractivity contribution in [2.24, 2.45) is 7.05 Å². The number of aliphatic hydroxyl groups is 1. The lowest BCUT2D eigenvalue weighted by molar-refractivity contribution is 0.186. The Hall–Kier alpha value is -1.52. The second-order valence-electron chi connectivity index (χ2n) is 4.93. The molecule has 6 nitrogen and oxygen atoms in total. The van der Waals surface area contributed by atoms with Crippen LogP contribution in [0.5, 0.6) is 0 Å². The number of hydrogen-bond acceptors (Lipinski definition) is 6. The third-order valence-corrected chi connectivity index (χ3v) is 6.52. The molecule has 0 spiro atoms. The first-order chi connectivity index (χ1) is 11.0. The Kier molecular flexibility index (Phi) is 4.64. The number of aliphatic hydroxyl groups excluding tert-OH is 1. The van der Waals surface area contributed by atoms with Crippen LogP contribution in [0.2, 0.25) is 0 Å². The summed E-state index contributed by atoms with van der Waals surface area (Å²) in [6.45, 7) is -0.0825. The minimum absolute atomic E-state index is 0.0809. The maximum Gasteiger partial charge on any atom is 0.243 e. The summed E-state index contributed by atoms with van der Waals surface area (Å²) in [6, 6.07) is 5.76. The van der Waals surface area contributed by atoms with E-state index < -0.39 is 16.1 Å². The van der Waals surface area contributed by atoms with Crippen LogP contribution in [0.4, 0.5) is 0 Å². The molecule has 9 heteroatoms. The van der Waals surface area contributed by atoms with E-state index >= 15 is 0 Å². The number of sulfonamides is 1. The molecule has 0 aromatic carbocycles. The molecule has 2 N–H and O–H groups in total. The molecule has 1 atom stereocenters. The standard InChI is InChI=1S/C14H15N3O3S3/c1-17-8-11(6-15-17)23(19,20)16-7-12(18)14-3-2-13(22-14)10-4-5-21-9-10/h2-6,8-9,12,16,18H,7H2,1H3. The normalized spacial score (nSPS) is 13.3. The molecule has 3 aromatic rings. The van der Waals surface area contributed by atoms with Gasteiger partial charge in [0.1, 0.15) is 11.0 Å². The van der Waals surface area contributed by atoms with Crippen LogP contribution in [0.3, 0.4) is 0 Å². The molecule has 0 aliphatic heterocycles. The predicted molar refractivity (Wildman–Crippen MR) is 91.0 cm³/mol. The first-order valence-electron chi connectivity index (χ1n) is 6.74. The first-order valence-corrected chi connectivity index (χ1v) is 9.98. The van der Waals surface area contributed by atoms with Crippen molar-refractivity contribution in [3.05, 3.63) is 46.2 Å². The van der Waals surface area contributed by atoms with Gasteiger partial charge in [-0.25, -0.2) is 13.1 Å². The molecule has 0 aliphatic carbocycles. The number of hydrogen-bond donors (Lipinski definition) is 2. The fraction of sp³-hybridized carbons (Fsp3) is 0.214. The van der Waals surface area contributed by atoms with E-state index in [9.17, 15) is 13.5 Å². The number of nitrogens with one attached hydrogen (secondary N) is 1. The van der Waals surface area contributed by atoms with Crippen molar-refractivity contribution in [2.45, 2.75) is 11.0 Å². The summed E-state index contributed by atoms with van der Waals surface area (Å²) >= 11 is 3.06. The molecule has 23 heavy (non-hydrogen) atoms. The fourth-order valence-corrected chi connectivity index (χ4v) is 4.74. The van der Waals surface area contributed by atoms with E-state index in [2.05, 4.69) is 9.82 Å². The van der Waals surface area contributed by atoms with Gasteiger partial charge in [0.2, 0.25) is 10.0 Å². The summed E-state index contributed by atoms with van der Waals surface area (Å²) < 4.78 is 28.0. The zero-order valence-electron chi connectivity index (χ0n) is 12.2. The van der Waals surface area contributed by atoms with E-state index in [-0.39, 0.29) is 11.4 Å². The van der Waals surface area contributed by atoms with Crippen molar-refractivity contribution in [1.29, 1.82) is 0 Å². The molecule has 0 fully saturated rings. The van der Waals surface area contributed by atoms with Gasteiger partial charge in [0, 0.05) is 35.1 Å². The average Bonchev–Trinajstić information content (AvgIpc) is 3.24. The third kappa shape index (κ3) is 3.70. The highest BCUT2D eigenvalue weighted by Gasteiger charge is 2.19. The molecular weight excluding hydrogens is 354 g/mol. The van der Waals surface area contributed by atoms with Gasteiger partial charge in [0.05, 0.1) is 6.20 Å². The minimum Gasteiger partial charge on any atom is -0.386 e. The lowest BCUT2D eigenvalue weighted by atomic mass is 10.2. The molecule has 0 bridgehead atoms. The molecule has 122 valence electrons. The Morgan fingerprint density at radius 3 is 2.87 bits per heavy atom. The first kappa shape index (κ1) is 16.3. The smallest absolute Gasteiger partial charge is 0.243 e. The van der Waals surface area contributed by atoms with Crippen LogP contribution >= 0.6 is 22.7 Å². The molecular formula is C14H15N3O3S3. The van der Waals surface area contributed by atoms with E-state index in [1.54, 1.807) is 18.4 Å². The zero-order valence-corrected chi connectivity index (χ0v) is 14.7. The van der Waals surface area contributed by atoms with Gasteiger partial charge in [-0.1, -0.05) is 0 Å². The third-order valence-electron chi connectivity index (χ3n) is 3.22. The topological polar surface area (TPSA) is 84.2 Å². The summed E-state index contributed by atoms with van der Waals surface area (Å²) in [7, 11) is -2.02. The number of nitrogens with zero attached hydrogens (tertiary/aromatic N) is 2. The predicted octanol–water partition coefficient (Wildman–Crippen LogP) is 2.22. The molecule has 0 saturated heterocycles. The van der Waals surface area contributed by atoms with Crippen LogP contribution in [0.25, 0.3) is 10.4 Å². The number of rotatable bonds is 6. The molecule has 0 radical (unpaired) electrons. The van der Waals surface area contributed by atoms with E-state index in [4.69, 9.17) is 0 Å². The molecule has 3 rings (SSSR count). The van der Waals surface area contributed by atoms with E-state index in [1.807, 2.05) is 29.0 Å². The summed E-state index contributed by atoms with van der Waals surface area (Å²) in [4.78, 5) is 1.85. The van der Waals surface area contributed by atoms with E-state index in [1.165, 1.54) is 28.4 Å². The highest BCUT2D eigenvalue weighted by atomic mass is 32.2. The molecule has 0 saturated carbocycles. The molecule has 1 unspecified atom stereocenters. The van der Waals surface area contributed by atoms with Crippen LogP contribution in [0.1, 0.15) is 11.0 Å². The summed E-state index contributed by atoms with van der Waals surface area (Å²) in [5.74, 6) is 0. The number of aryl methyl sites for hydroxylation is 1. The second kappa shape index (κ2) is 6.54. The minimum atomic E-state index is -3.67. The zero-order chi connectivity index (χ0) is 16.4. The quantitative estimate of drug-likeness (QED) is 0.698. The van der Waals surface area contributed by atoms with Gasteiger partial charge in [-0.3, -0.25) is 4.68 Å². The van der Waals surface area contributed by atoms with Gasteiger partial charge in [0.25, 0.3) is 0 Å². The van der Waals surface area contributed by atoms with Crippen molar-refractivity contribution in [3.63, 3.8) is 0 Å². The van der Waals surface area contributed by atoms with Crippen molar-refractivity contribution in [2.75, 3.05) is 6.54 Å². The maximum atomic E-state index is 12.1. The highest BCUT2D eigenvalue weighted by Crippen LogP contribution is 2.32. The largest absolute Gasteiger partial charge is 0.386 e. The van der Waals surface area contributed by atoms with E-state index in [0.29, 0.717) is 0 Å². The lowest BCUT2D eigenvalue weighted by Gasteiger charge is -2.09. The molecule has 3 heterocycles. The highest BCUT2D eigenvalue weighted by molar-refractivity contribution is 7.89. The summed E-state index contributed by atoms with van der Waals surface area (Å²) in [5, 5.41) is 18.1. The van der Waals surface area contributed by atoms with Crippen LogP contribution in [0, 0.1) is 0 Å². The van der Waals surface area contributed by atoms with Crippen molar-refractivity contribution < 1.29 is 13.5 Å². The van der Waals surface area contributed by atoms with Gasteiger partial charge < -0.3 is 5.11 Å². The second-order valence-corrected chi connectivity index (χ2v) is 8.59. The Bertz CT molecular complexity index is 881. The lowest BCUT2D eigenvalue weighted by Crippen LogP contribution is -2.28. The molecule has 3 aromatic heterocycles. The van der Waals surface area contributed by atoms with Crippen LogP contribution < -0.4 is 4.72 Å². The Morgan fingerprint density at radius 1 is 1.39 bits per heavy atom. The van der Waals surface area contributed by atoms with Crippen molar-refractivity contribution in [3.8, 4) is 10.4 Å². The Morgan fingerprint density at radius 2 is 2.22 bits per heavy atom. The summed E-state index contributed by atoms with van der Waals surface area (Å²) in [5.41, 5.74) is 1.11. The number of aromatic nitrogens is 2. The Balaban J connectivity index is 1.67. The van der Waals surface area contributed by atoms with Gasteiger partial charge in [-0.15, -0.1) is 11.3 Å². The van der Waals surface area contributed by atoms with Crippen molar-refractivity contribution >= 4 is 32.7 Å². The van der Waals surface area contributed by atoms with Crippen molar-refractivity contribution in [1.82, 2.24) is 14.5 Å².